The van der Waals surface area contributed by atoms with Crippen molar-refractivity contribution in [2.75, 3.05) is 0 Å². The van der Waals surface area contributed by atoms with Crippen LogP contribution in [0.5, 0.6) is 0 Å². The molecule has 0 radical (unpaired) electrons. The molecule has 1 aliphatic rings. The Bertz CT molecular complexity index is 535. The van der Waals surface area contributed by atoms with Crippen LogP contribution in [0.4, 0.5) is 10.1 Å². The average Bonchev–Trinajstić information content (AvgIpc) is 2.41. The Hall–Kier alpha value is -2.02. The maximum atomic E-state index is 13.6. The molecule has 1 aromatic rings. The highest BCUT2D eigenvalue weighted by Crippen LogP contribution is 2.20. The second-order valence-corrected chi connectivity index (χ2v) is 4.85. The summed E-state index contributed by atoms with van der Waals surface area (Å²) in [5, 5.41) is 22.9. The highest BCUT2D eigenvalue weighted by atomic mass is 19.1. The molecule has 108 valence electrons. The zero-order valence-corrected chi connectivity index (χ0v) is 10.7. The van der Waals surface area contributed by atoms with Gasteiger partial charge in [-0.3, -0.25) is 14.9 Å². The summed E-state index contributed by atoms with van der Waals surface area (Å²) >= 11 is 0. The number of carbonyl (C=O) groups is 1. The van der Waals surface area contributed by atoms with Gasteiger partial charge in [0, 0.05) is 12.1 Å². The lowest BCUT2D eigenvalue weighted by atomic mass is 9.92. The van der Waals surface area contributed by atoms with Crippen molar-refractivity contribution in [1.82, 2.24) is 5.32 Å². The van der Waals surface area contributed by atoms with E-state index in [1.807, 2.05) is 0 Å². The Morgan fingerprint density at radius 2 is 2.10 bits per heavy atom. The van der Waals surface area contributed by atoms with Crippen LogP contribution in [0.2, 0.25) is 0 Å². The molecular formula is C13H15FN2O4. The molecule has 2 rings (SSSR count). The van der Waals surface area contributed by atoms with Gasteiger partial charge in [-0.15, -0.1) is 0 Å². The van der Waals surface area contributed by atoms with E-state index >= 15 is 0 Å². The van der Waals surface area contributed by atoms with E-state index in [2.05, 4.69) is 5.32 Å². The van der Waals surface area contributed by atoms with Gasteiger partial charge in [0.2, 0.25) is 0 Å². The number of nitro groups is 1. The summed E-state index contributed by atoms with van der Waals surface area (Å²) in [7, 11) is 0. The molecule has 0 aliphatic heterocycles. The summed E-state index contributed by atoms with van der Waals surface area (Å²) in [5.74, 6) is -1.56. The molecule has 0 bridgehead atoms. The summed E-state index contributed by atoms with van der Waals surface area (Å²) in [5.41, 5.74) is -0.724. The second-order valence-electron chi connectivity index (χ2n) is 4.85. The molecular weight excluding hydrogens is 267 g/mol. The van der Waals surface area contributed by atoms with E-state index in [-0.39, 0.29) is 11.3 Å². The zero-order chi connectivity index (χ0) is 14.7. The van der Waals surface area contributed by atoms with Crippen LogP contribution in [0.15, 0.2) is 18.2 Å². The molecule has 1 amide bonds. The fourth-order valence-corrected chi connectivity index (χ4v) is 2.33. The Labute approximate surface area is 114 Å². The molecule has 1 saturated carbocycles. The topological polar surface area (TPSA) is 92.5 Å². The van der Waals surface area contributed by atoms with Crippen molar-refractivity contribution in [3.63, 3.8) is 0 Å². The monoisotopic (exact) mass is 282 g/mol. The van der Waals surface area contributed by atoms with Crippen LogP contribution in [0.3, 0.4) is 0 Å². The number of hydrogen-bond acceptors (Lipinski definition) is 4. The summed E-state index contributed by atoms with van der Waals surface area (Å²) in [6.07, 6.45) is 2.30. The SMILES string of the molecule is O=C(N[C@H]1CCCC[C@@H]1O)c1cc([N+](=O)[O-])ccc1F. The summed E-state index contributed by atoms with van der Waals surface area (Å²) in [4.78, 5) is 21.9. The first-order valence-corrected chi connectivity index (χ1v) is 6.42. The molecule has 0 unspecified atom stereocenters. The van der Waals surface area contributed by atoms with E-state index in [0.29, 0.717) is 12.8 Å². The molecule has 0 spiro atoms. The standard InChI is InChI=1S/C13H15FN2O4/c14-10-6-5-8(16(19)20)7-9(10)13(18)15-11-3-1-2-4-12(11)17/h5-7,11-12,17H,1-4H2,(H,15,18)/t11-,12-/m0/s1. The molecule has 0 saturated heterocycles. The number of halogens is 1. The van der Waals surface area contributed by atoms with Gasteiger partial charge in [0.15, 0.2) is 0 Å². The van der Waals surface area contributed by atoms with E-state index < -0.39 is 28.8 Å². The lowest BCUT2D eigenvalue weighted by molar-refractivity contribution is -0.384. The first-order valence-electron chi connectivity index (χ1n) is 6.42. The Kier molecular flexibility index (Phi) is 4.29. The number of nitrogens with one attached hydrogen (secondary N) is 1. The number of benzene rings is 1. The van der Waals surface area contributed by atoms with Crippen LogP contribution in [0.1, 0.15) is 36.0 Å². The summed E-state index contributed by atoms with van der Waals surface area (Å²) in [6.45, 7) is 0. The first-order chi connectivity index (χ1) is 9.49. The Morgan fingerprint density at radius 1 is 1.40 bits per heavy atom. The quantitative estimate of drug-likeness (QED) is 0.652. The Morgan fingerprint density at radius 3 is 2.75 bits per heavy atom. The van der Waals surface area contributed by atoms with Crippen molar-refractivity contribution in [2.45, 2.75) is 37.8 Å². The van der Waals surface area contributed by atoms with Crippen LogP contribution in [-0.4, -0.2) is 28.1 Å². The van der Waals surface area contributed by atoms with Gasteiger partial charge in [-0.2, -0.15) is 0 Å². The largest absolute Gasteiger partial charge is 0.391 e. The average molecular weight is 282 g/mol. The van der Waals surface area contributed by atoms with Crippen molar-refractivity contribution in [2.24, 2.45) is 0 Å². The van der Waals surface area contributed by atoms with E-state index in [4.69, 9.17) is 0 Å². The second kappa shape index (κ2) is 5.96. The van der Waals surface area contributed by atoms with E-state index in [0.717, 1.165) is 31.0 Å². The minimum Gasteiger partial charge on any atom is -0.391 e. The molecule has 0 heterocycles. The molecule has 6 nitrogen and oxygen atoms in total. The first kappa shape index (κ1) is 14.4. The van der Waals surface area contributed by atoms with Gasteiger partial charge in [-0.05, 0) is 18.9 Å². The van der Waals surface area contributed by atoms with Crippen LogP contribution < -0.4 is 5.32 Å². The number of aliphatic hydroxyl groups is 1. The van der Waals surface area contributed by atoms with Gasteiger partial charge in [-0.1, -0.05) is 12.8 Å². The maximum absolute atomic E-state index is 13.6. The number of aliphatic hydroxyl groups excluding tert-OH is 1. The van der Waals surface area contributed by atoms with Crippen LogP contribution in [0.25, 0.3) is 0 Å². The fraction of sp³-hybridized carbons (Fsp3) is 0.462. The predicted molar refractivity (Wildman–Crippen MR) is 68.8 cm³/mol. The highest BCUT2D eigenvalue weighted by molar-refractivity contribution is 5.95. The Balaban J connectivity index is 2.16. The normalized spacial score (nSPS) is 22.3. The van der Waals surface area contributed by atoms with Gasteiger partial charge in [0.05, 0.1) is 22.6 Å². The predicted octanol–water partition coefficient (Wildman–Crippen LogP) is 1.77. The summed E-state index contributed by atoms with van der Waals surface area (Å²) in [6, 6.07) is 2.36. The van der Waals surface area contributed by atoms with Gasteiger partial charge in [0.1, 0.15) is 5.82 Å². The van der Waals surface area contributed by atoms with Crippen molar-refractivity contribution >= 4 is 11.6 Å². The van der Waals surface area contributed by atoms with Crippen molar-refractivity contribution < 1.29 is 19.2 Å². The van der Waals surface area contributed by atoms with Crippen molar-refractivity contribution in [3.05, 3.63) is 39.7 Å². The number of non-ortho nitro benzene ring substituents is 1. The van der Waals surface area contributed by atoms with Crippen LogP contribution in [-0.2, 0) is 0 Å². The van der Waals surface area contributed by atoms with Crippen molar-refractivity contribution in [1.29, 1.82) is 0 Å². The van der Waals surface area contributed by atoms with Crippen LogP contribution in [0, 0.1) is 15.9 Å². The number of rotatable bonds is 3. The van der Waals surface area contributed by atoms with E-state index in [1.165, 1.54) is 0 Å². The third-order valence-corrected chi connectivity index (χ3v) is 3.45. The van der Waals surface area contributed by atoms with E-state index in [1.54, 1.807) is 0 Å². The van der Waals surface area contributed by atoms with Crippen LogP contribution >= 0.6 is 0 Å². The molecule has 1 fully saturated rings. The molecule has 2 atom stereocenters. The zero-order valence-electron chi connectivity index (χ0n) is 10.7. The smallest absolute Gasteiger partial charge is 0.270 e. The minimum absolute atomic E-state index is 0.347. The minimum atomic E-state index is -0.821. The molecule has 2 N–H and O–H groups in total. The molecule has 0 aromatic heterocycles. The number of nitro benzene ring substituents is 1. The molecule has 7 heteroatoms. The third-order valence-electron chi connectivity index (χ3n) is 3.45. The number of hydrogen-bond donors (Lipinski definition) is 2. The molecule has 1 aliphatic carbocycles. The van der Waals surface area contributed by atoms with Gasteiger partial charge >= 0.3 is 0 Å². The number of nitrogens with zero attached hydrogens (tertiary/aromatic N) is 1. The number of amides is 1. The lowest BCUT2D eigenvalue weighted by Crippen LogP contribution is -2.45. The highest BCUT2D eigenvalue weighted by Gasteiger charge is 2.26. The third kappa shape index (κ3) is 3.11. The van der Waals surface area contributed by atoms with Crippen molar-refractivity contribution in [3.8, 4) is 0 Å². The number of carbonyl (C=O) groups excluding carboxylic acids is 1. The summed E-state index contributed by atoms with van der Waals surface area (Å²) < 4.78 is 13.6. The molecule has 20 heavy (non-hydrogen) atoms. The van der Waals surface area contributed by atoms with Gasteiger partial charge < -0.3 is 10.4 Å². The fourth-order valence-electron chi connectivity index (χ4n) is 2.33. The van der Waals surface area contributed by atoms with E-state index in [9.17, 15) is 24.4 Å². The molecule has 1 aromatic carbocycles. The lowest BCUT2D eigenvalue weighted by Gasteiger charge is -2.28. The van der Waals surface area contributed by atoms with Gasteiger partial charge in [0.25, 0.3) is 11.6 Å². The van der Waals surface area contributed by atoms with Gasteiger partial charge in [-0.25, -0.2) is 4.39 Å². The maximum Gasteiger partial charge on any atom is 0.270 e.